The summed E-state index contributed by atoms with van der Waals surface area (Å²) in [6.45, 7) is 1.03. The van der Waals surface area contributed by atoms with E-state index < -0.39 is 51.5 Å². The molecule has 0 spiro atoms. The van der Waals surface area contributed by atoms with Crippen molar-refractivity contribution in [1.29, 1.82) is 0 Å². The van der Waals surface area contributed by atoms with Gasteiger partial charge in [0, 0.05) is 6.42 Å². The highest BCUT2D eigenvalue weighted by Gasteiger charge is 2.57. The molecule has 0 saturated heterocycles. The zero-order valence-electron chi connectivity index (χ0n) is 24.1. The molecule has 0 radical (unpaired) electrons. The predicted octanol–water partition coefficient (Wildman–Crippen LogP) is 8.19. The number of benzene rings is 2. The number of fused-ring (bicyclic) bond motifs is 1. The van der Waals surface area contributed by atoms with E-state index in [9.17, 15) is 44.3 Å². The van der Waals surface area contributed by atoms with Crippen LogP contribution in [0.1, 0.15) is 74.5 Å². The number of hydrogen-bond acceptors (Lipinski definition) is 4. The van der Waals surface area contributed by atoms with Gasteiger partial charge in [-0.15, -0.1) is 0 Å². The van der Waals surface area contributed by atoms with E-state index in [2.05, 4.69) is 0 Å². The summed E-state index contributed by atoms with van der Waals surface area (Å²) in [5, 5.41) is 10.0. The highest BCUT2D eigenvalue weighted by atomic mass is 32.2. The fraction of sp³-hybridized carbons (Fsp3) is 0.548. The van der Waals surface area contributed by atoms with Crippen LogP contribution < -0.4 is 0 Å². The Bertz CT molecular complexity index is 1370. The van der Waals surface area contributed by atoms with E-state index in [1.807, 2.05) is 11.0 Å². The normalized spacial score (nSPS) is 14.7. The van der Waals surface area contributed by atoms with Crippen molar-refractivity contribution in [1.82, 2.24) is 4.90 Å². The Morgan fingerprint density at radius 2 is 1.53 bits per heavy atom. The Labute approximate surface area is 248 Å². The molecule has 0 aromatic heterocycles. The number of sulfone groups is 1. The van der Waals surface area contributed by atoms with Crippen molar-refractivity contribution >= 4 is 21.0 Å². The first kappa shape index (κ1) is 34.9. The van der Waals surface area contributed by atoms with Crippen LogP contribution in [-0.2, 0) is 16.3 Å². The number of phenols is 1. The molecule has 1 N–H and O–H groups in total. The quantitative estimate of drug-likeness (QED) is 0.158. The molecule has 1 aliphatic rings. The van der Waals surface area contributed by atoms with E-state index >= 15 is 0 Å². The van der Waals surface area contributed by atoms with Crippen molar-refractivity contribution in [2.45, 2.75) is 76.3 Å². The van der Waals surface area contributed by atoms with E-state index in [1.165, 1.54) is 6.07 Å². The summed E-state index contributed by atoms with van der Waals surface area (Å²) in [5.41, 5.74) is 4.70. The molecule has 0 aliphatic heterocycles. The van der Waals surface area contributed by atoms with Gasteiger partial charge in [0.05, 0.1) is 11.5 Å². The number of phenolic OH excluding ortho intramolecular Hbond substituents is 1. The van der Waals surface area contributed by atoms with Crippen LogP contribution in [0.3, 0.4) is 0 Å². The Hall–Kier alpha value is -2.60. The third kappa shape index (κ3) is 10.2. The summed E-state index contributed by atoms with van der Waals surface area (Å²) >= 11 is 0. The molecule has 1 aliphatic carbocycles. The van der Waals surface area contributed by atoms with Gasteiger partial charge in [-0.1, -0.05) is 25.0 Å². The Kier molecular flexibility index (Phi) is 12.1. The summed E-state index contributed by atoms with van der Waals surface area (Å²) in [4.78, 5) is 1.90. The minimum Gasteiger partial charge on any atom is -0.508 e. The number of nitrogens with zero attached hydrogens (tertiary/aromatic N) is 1. The molecule has 2 aromatic rings. The van der Waals surface area contributed by atoms with E-state index in [-0.39, 0.29) is 12.2 Å². The van der Waals surface area contributed by atoms with E-state index in [0.717, 1.165) is 66.9 Å². The SMILES string of the molecule is CN(CCCCCCC1=C(c2ccc(F)c(F)c2)CCCc2cc(O)ccc21)CCCS(=O)(=O)CCC(F)(F)C(F)(F)F. The maximum absolute atomic E-state index is 14.1. The summed E-state index contributed by atoms with van der Waals surface area (Å²) < 4.78 is 114. The van der Waals surface area contributed by atoms with Gasteiger partial charge < -0.3 is 10.0 Å². The van der Waals surface area contributed by atoms with Crippen LogP contribution in [0.2, 0.25) is 0 Å². The van der Waals surface area contributed by atoms with Crippen LogP contribution in [0.15, 0.2) is 36.4 Å². The minimum absolute atomic E-state index is 0.131. The van der Waals surface area contributed by atoms with Crippen LogP contribution >= 0.6 is 0 Å². The summed E-state index contributed by atoms with van der Waals surface area (Å²) in [6, 6.07) is 9.22. The molecule has 0 amide bonds. The van der Waals surface area contributed by atoms with E-state index in [4.69, 9.17) is 0 Å². The van der Waals surface area contributed by atoms with Crippen molar-refractivity contribution in [2.75, 3.05) is 31.6 Å². The molecule has 4 nitrogen and oxygen atoms in total. The lowest BCUT2D eigenvalue weighted by atomic mass is 9.89. The number of hydrogen-bond donors (Lipinski definition) is 1. The average molecular weight is 638 g/mol. The number of aryl methyl sites for hydroxylation is 1. The third-order valence-electron chi connectivity index (χ3n) is 7.77. The lowest BCUT2D eigenvalue weighted by Crippen LogP contribution is -2.38. The second-order valence-corrected chi connectivity index (χ2v) is 13.5. The van der Waals surface area contributed by atoms with Gasteiger partial charge in [0.1, 0.15) is 5.75 Å². The Morgan fingerprint density at radius 3 is 2.23 bits per heavy atom. The predicted molar refractivity (Wildman–Crippen MR) is 154 cm³/mol. The lowest BCUT2D eigenvalue weighted by Gasteiger charge is -2.19. The molecule has 0 heterocycles. The lowest BCUT2D eigenvalue weighted by molar-refractivity contribution is -0.282. The summed E-state index contributed by atoms with van der Waals surface area (Å²) in [7, 11) is -2.24. The van der Waals surface area contributed by atoms with E-state index in [0.29, 0.717) is 31.5 Å². The van der Waals surface area contributed by atoms with Crippen LogP contribution in [-0.4, -0.2) is 62.2 Å². The van der Waals surface area contributed by atoms with Crippen molar-refractivity contribution in [3.63, 3.8) is 0 Å². The highest BCUT2D eigenvalue weighted by Crippen LogP contribution is 2.40. The minimum atomic E-state index is -5.77. The van der Waals surface area contributed by atoms with Gasteiger partial charge in [-0.3, -0.25) is 0 Å². The largest absolute Gasteiger partial charge is 0.508 e. The molecule has 0 fully saturated rings. The zero-order chi connectivity index (χ0) is 31.8. The van der Waals surface area contributed by atoms with Crippen LogP contribution in [0.5, 0.6) is 5.75 Å². The molecule has 2 aromatic carbocycles. The van der Waals surface area contributed by atoms with Crippen LogP contribution in [0.25, 0.3) is 11.1 Å². The molecule has 3 rings (SSSR count). The number of halogens is 7. The Morgan fingerprint density at radius 1 is 0.837 bits per heavy atom. The van der Waals surface area contributed by atoms with Gasteiger partial charge in [-0.05, 0) is 117 Å². The van der Waals surface area contributed by atoms with Crippen molar-refractivity contribution < 1.29 is 44.3 Å². The fourth-order valence-electron chi connectivity index (χ4n) is 5.37. The molecule has 0 bridgehead atoms. The second-order valence-electron chi connectivity index (χ2n) is 11.2. The van der Waals surface area contributed by atoms with Crippen molar-refractivity contribution in [3.8, 4) is 5.75 Å². The second kappa shape index (κ2) is 14.9. The first-order chi connectivity index (χ1) is 20.1. The summed E-state index contributed by atoms with van der Waals surface area (Å²) in [5.74, 6) is -8.33. The van der Waals surface area contributed by atoms with Gasteiger partial charge in [0.25, 0.3) is 0 Å². The van der Waals surface area contributed by atoms with Crippen molar-refractivity contribution in [2.24, 2.45) is 0 Å². The van der Waals surface area contributed by atoms with Crippen molar-refractivity contribution in [3.05, 3.63) is 64.7 Å². The Balaban J connectivity index is 1.48. The monoisotopic (exact) mass is 637 g/mol. The number of alkyl halides is 5. The van der Waals surface area contributed by atoms with Crippen LogP contribution in [0, 0.1) is 11.6 Å². The molecular weight excluding hydrogens is 599 g/mol. The standard InChI is InChI=1S/C31H38F7NO3S/c1-39(17-7-18-43(41,42)19-15-30(34,35)31(36,37)38)16-5-3-2-4-9-27-25(23-11-14-28(32)29(33)21-23)10-6-8-22-20-24(40)12-13-26(22)27/h11-14,20-21,40H,2-10,15-19H2,1H3. The number of allylic oxidation sites excluding steroid dienone is 2. The van der Waals surface area contributed by atoms with Gasteiger partial charge in [-0.2, -0.15) is 22.0 Å². The first-order valence-electron chi connectivity index (χ1n) is 14.4. The zero-order valence-corrected chi connectivity index (χ0v) is 24.9. The molecule has 240 valence electrons. The third-order valence-corrected chi connectivity index (χ3v) is 9.51. The molecule has 0 atom stereocenters. The number of rotatable bonds is 15. The van der Waals surface area contributed by atoms with Gasteiger partial charge in [0.2, 0.25) is 0 Å². The van der Waals surface area contributed by atoms with Gasteiger partial charge >= 0.3 is 12.1 Å². The van der Waals surface area contributed by atoms with E-state index in [1.54, 1.807) is 25.2 Å². The molecule has 0 saturated carbocycles. The highest BCUT2D eigenvalue weighted by molar-refractivity contribution is 7.91. The maximum Gasteiger partial charge on any atom is 0.453 e. The molecule has 0 unspecified atom stereocenters. The maximum atomic E-state index is 14.1. The number of aromatic hydroxyl groups is 1. The van der Waals surface area contributed by atoms with Gasteiger partial charge in [0.15, 0.2) is 21.5 Å². The molecular formula is C31H38F7NO3S. The number of unbranched alkanes of at least 4 members (excludes halogenated alkanes) is 3. The first-order valence-corrected chi connectivity index (χ1v) is 16.2. The van der Waals surface area contributed by atoms with Gasteiger partial charge in [-0.25, -0.2) is 17.2 Å². The molecule has 12 heteroatoms. The molecule has 43 heavy (non-hydrogen) atoms. The fourth-order valence-corrected chi connectivity index (χ4v) is 6.71. The topological polar surface area (TPSA) is 57.6 Å². The summed E-state index contributed by atoms with van der Waals surface area (Å²) in [6.07, 6.45) is -1.01. The smallest absolute Gasteiger partial charge is 0.453 e. The van der Waals surface area contributed by atoms with Crippen LogP contribution in [0.4, 0.5) is 30.7 Å². The average Bonchev–Trinajstić information content (AvgIpc) is 3.09.